The molecule has 2 unspecified atom stereocenters. The molecule has 0 radical (unpaired) electrons. The number of nitrogens with zero attached hydrogens (tertiary/aromatic N) is 1. The maximum absolute atomic E-state index is 10.2. The Hall–Kier alpha value is -0.560. The van der Waals surface area contributed by atoms with Crippen LogP contribution in [0.4, 0.5) is 0 Å². The molecule has 1 rings (SSSR count). The summed E-state index contributed by atoms with van der Waals surface area (Å²) in [6, 6.07) is 7.35. The normalized spacial score (nSPS) is 16.2. The molecule has 0 spiro atoms. The fourth-order valence-electron chi connectivity index (χ4n) is 1.40. The molecule has 1 aromatic carbocycles. The summed E-state index contributed by atoms with van der Waals surface area (Å²) in [4.78, 5) is 0. The molecule has 0 aliphatic carbocycles. The lowest BCUT2D eigenvalue weighted by Crippen LogP contribution is -2.23. The van der Waals surface area contributed by atoms with Gasteiger partial charge in [0.15, 0.2) is 0 Å². The molecule has 86 valence electrons. The first-order valence-electron chi connectivity index (χ1n) is 4.99. The van der Waals surface area contributed by atoms with Crippen LogP contribution in [0.5, 0.6) is 0 Å². The van der Waals surface area contributed by atoms with Crippen LogP contribution in [-0.2, 0) is 0 Å². The summed E-state index contributed by atoms with van der Waals surface area (Å²) in [6.07, 6.45) is -0.278. The topological polar surface area (TPSA) is 44.0 Å². The summed E-state index contributed by atoms with van der Waals surface area (Å²) in [7, 11) is 0. The van der Waals surface area contributed by atoms with Crippen LogP contribution in [0, 0.1) is 16.7 Å². The smallest absolute Gasteiger partial charge is 0.0984 e. The second-order valence-corrected chi connectivity index (χ2v) is 5.24. The van der Waals surface area contributed by atoms with Gasteiger partial charge >= 0.3 is 0 Å². The Bertz CT molecular complexity index is 430. The highest BCUT2D eigenvalue weighted by molar-refractivity contribution is 9.10. The van der Waals surface area contributed by atoms with Crippen molar-refractivity contribution in [3.05, 3.63) is 33.3 Å². The zero-order valence-electron chi connectivity index (χ0n) is 9.17. The molecule has 16 heavy (non-hydrogen) atoms. The lowest BCUT2D eigenvalue weighted by atomic mass is 9.80. The Labute approximate surface area is 109 Å². The van der Waals surface area contributed by atoms with Crippen molar-refractivity contribution in [1.29, 1.82) is 5.26 Å². The van der Waals surface area contributed by atoms with Gasteiger partial charge in [0.25, 0.3) is 0 Å². The van der Waals surface area contributed by atoms with Gasteiger partial charge in [0.2, 0.25) is 0 Å². The quantitative estimate of drug-likeness (QED) is 0.914. The number of aliphatic hydroxyl groups is 1. The van der Waals surface area contributed by atoms with E-state index in [0.717, 1.165) is 4.47 Å². The highest BCUT2D eigenvalue weighted by Crippen LogP contribution is 2.39. The number of hydrogen-bond donors (Lipinski definition) is 1. The van der Waals surface area contributed by atoms with E-state index in [1.54, 1.807) is 25.1 Å². The van der Waals surface area contributed by atoms with E-state index >= 15 is 0 Å². The van der Waals surface area contributed by atoms with Crippen molar-refractivity contribution in [3.63, 3.8) is 0 Å². The molecule has 0 saturated heterocycles. The van der Waals surface area contributed by atoms with Crippen LogP contribution in [0.15, 0.2) is 22.7 Å². The predicted molar refractivity (Wildman–Crippen MR) is 68.1 cm³/mol. The second-order valence-electron chi connectivity index (χ2n) is 3.95. The average molecular weight is 303 g/mol. The molecule has 0 aliphatic rings. The van der Waals surface area contributed by atoms with Crippen molar-refractivity contribution >= 4 is 27.5 Å². The van der Waals surface area contributed by atoms with Crippen LogP contribution in [0.25, 0.3) is 0 Å². The van der Waals surface area contributed by atoms with Gasteiger partial charge in [-0.05, 0) is 37.1 Å². The first-order chi connectivity index (χ1) is 7.44. The van der Waals surface area contributed by atoms with E-state index in [2.05, 4.69) is 22.0 Å². The van der Waals surface area contributed by atoms with Crippen molar-refractivity contribution in [2.75, 3.05) is 0 Å². The summed E-state index contributed by atoms with van der Waals surface area (Å²) in [5.41, 5.74) is -0.147. The summed E-state index contributed by atoms with van der Waals surface area (Å²) < 4.78 is 0.763. The van der Waals surface area contributed by atoms with Crippen LogP contribution in [-0.4, -0.2) is 5.11 Å². The molecule has 4 heteroatoms. The third kappa shape index (κ3) is 2.57. The number of benzene rings is 1. The molecular weight excluding hydrogens is 289 g/mol. The van der Waals surface area contributed by atoms with E-state index in [1.807, 2.05) is 6.92 Å². The monoisotopic (exact) mass is 301 g/mol. The number of aliphatic hydroxyl groups excluding tert-OH is 1. The van der Waals surface area contributed by atoms with Crippen LogP contribution < -0.4 is 0 Å². The molecule has 2 nitrogen and oxygen atoms in total. The van der Waals surface area contributed by atoms with Crippen LogP contribution in [0.2, 0.25) is 5.02 Å². The fraction of sp³-hybridized carbons (Fsp3) is 0.417. The van der Waals surface area contributed by atoms with Gasteiger partial charge in [-0.15, -0.1) is 0 Å². The van der Waals surface area contributed by atoms with Gasteiger partial charge in [-0.1, -0.05) is 34.5 Å². The molecule has 0 heterocycles. The van der Waals surface area contributed by atoms with Crippen molar-refractivity contribution in [3.8, 4) is 6.07 Å². The fourth-order valence-corrected chi connectivity index (χ4v) is 2.04. The molecular formula is C12H13BrClNO. The van der Waals surface area contributed by atoms with Crippen molar-refractivity contribution in [2.24, 2.45) is 5.41 Å². The molecule has 0 bridgehead atoms. The summed E-state index contributed by atoms with van der Waals surface area (Å²) in [5.74, 6) is 0. The lowest BCUT2D eigenvalue weighted by molar-refractivity contribution is 0.0716. The second kappa shape index (κ2) is 5.18. The van der Waals surface area contributed by atoms with E-state index in [0.29, 0.717) is 17.0 Å². The number of nitriles is 1. The third-order valence-corrected chi connectivity index (χ3v) is 3.80. The van der Waals surface area contributed by atoms with Crippen molar-refractivity contribution < 1.29 is 5.11 Å². The lowest BCUT2D eigenvalue weighted by Gasteiger charge is -2.27. The van der Waals surface area contributed by atoms with E-state index in [-0.39, 0.29) is 0 Å². The van der Waals surface area contributed by atoms with Crippen molar-refractivity contribution in [1.82, 2.24) is 0 Å². The Morgan fingerprint density at radius 1 is 1.62 bits per heavy atom. The maximum atomic E-state index is 10.2. The van der Waals surface area contributed by atoms with E-state index in [4.69, 9.17) is 16.9 Å². The van der Waals surface area contributed by atoms with E-state index in [9.17, 15) is 5.11 Å². The molecule has 0 saturated carbocycles. The summed E-state index contributed by atoms with van der Waals surface area (Å²) in [5, 5.41) is 19.9. The number of halogens is 2. The Balaban J connectivity index is 3.19. The molecule has 1 aromatic rings. The van der Waals surface area contributed by atoms with Gasteiger partial charge in [-0.25, -0.2) is 0 Å². The summed E-state index contributed by atoms with van der Waals surface area (Å²) >= 11 is 9.24. The minimum atomic E-state index is -0.851. The first kappa shape index (κ1) is 13.5. The van der Waals surface area contributed by atoms with Gasteiger partial charge in [-0.3, -0.25) is 0 Å². The Morgan fingerprint density at radius 3 is 2.75 bits per heavy atom. The highest BCUT2D eigenvalue weighted by Gasteiger charge is 2.33. The maximum Gasteiger partial charge on any atom is 0.0984 e. The largest absolute Gasteiger partial charge is 0.387 e. The van der Waals surface area contributed by atoms with Gasteiger partial charge in [0.1, 0.15) is 0 Å². The predicted octanol–water partition coefficient (Wildman–Crippen LogP) is 4.08. The molecule has 0 amide bonds. The highest BCUT2D eigenvalue weighted by atomic mass is 79.9. The van der Waals surface area contributed by atoms with Gasteiger partial charge in [-0.2, -0.15) is 5.26 Å². The van der Waals surface area contributed by atoms with Crippen LogP contribution >= 0.6 is 27.5 Å². The average Bonchev–Trinajstić information content (AvgIpc) is 2.30. The molecule has 0 aliphatic heterocycles. The Kier molecular flexibility index (Phi) is 4.37. The first-order valence-corrected chi connectivity index (χ1v) is 6.16. The third-order valence-electron chi connectivity index (χ3n) is 2.85. The zero-order valence-corrected chi connectivity index (χ0v) is 11.5. The minimum absolute atomic E-state index is 0.550. The standard InChI is InChI=1S/C12H13BrClNO/c1-3-12(2,7-15)11(16)9-6-8(14)4-5-10(9)13/h4-6,11,16H,3H2,1-2H3. The summed E-state index contributed by atoms with van der Waals surface area (Å²) in [6.45, 7) is 3.62. The van der Waals surface area contributed by atoms with Crippen LogP contribution in [0.1, 0.15) is 31.9 Å². The van der Waals surface area contributed by atoms with E-state index < -0.39 is 11.5 Å². The number of rotatable bonds is 3. The zero-order chi connectivity index (χ0) is 12.3. The van der Waals surface area contributed by atoms with E-state index in [1.165, 1.54) is 0 Å². The van der Waals surface area contributed by atoms with Gasteiger partial charge in [0.05, 0.1) is 17.6 Å². The van der Waals surface area contributed by atoms with Crippen molar-refractivity contribution in [2.45, 2.75) is 26.4 Å². The van der Waals surface area contributed by atoms with Gasteiger partial charge in [0, 0.05) is 9.50 Å². The molecule has 0 fully saturated rings. The number of hydrogen-bond acceptors (Lipinski definition) is 2. The molecule has 2 atom stereocenters. The SMILES string of the molecule is CCC(C)(C#N)C(O)c1cc(Cl)ccc1Br. The Morgan fingerprint density at radius 2 is 2.25 bits per heavy atom. The minimum Gasteiger partial charge on any atom is -0.387 e. The van der Waals surface area contributed by atoms with Crippen LogP contribution in [0.3, 0.4) is 0 Å². The molecule has 1 N–H and O–H groups in total. The van der Waals surface area contributed by atoms with Gasteiger partial charge < -0.3 is 5.11 Å². The molecule has 0 aromatic heterocycles.